The van der Waals surface area contributed by atoms with Crippen molar-refractivity contribution >= 4 is 23.0 Å². The van der Waals surface area contributed by atoms with Crippen LogP contribution in [0.5, 0.6) is 0 Å². The minimum Gasteiger partial charge on any atom is -0.388 e. The first-order valence-corrected chi connectivity index (χ1v) is 5.58. The van der Waals surface area contributed by atoms with Crippen LogP contribution >= 0.6 is 12.2 Å². The van der Waals surface area contributed by atoms with Crippen LogP contribution in [0.1, 0.15) is 12.6 Å². The van der Waals surface area contributed by atoms with Crippen molar-refractivity contribution in [3.8, 4) is 0 Å². The zero-order valence-corrected chi connectivity index (χ0v) is 10.7. The molecule has 1 heterocycles. The maximum Gasteiger partial charge on any atom is 0.126 e. The molecule has 0 aliphatic rings. The van der Waals surface area contributed by atoms with Crippen molar-refractivity contribution < 1.29 is 0 Å². The van der Waals surface area contributed by atoms with Gasteiger partial charge in [0.2, 0.25) is 0 Å². The molecule has 0 aliphatic heterocycles. The Kier molecular flexibility index (Phi) is 4.64. The number of thiocarbonyl (C=S) groups is 1. The van der Waals surface area contributed by atoms with E-state index in [9.17, 15) is 0 Å². The summed E-state index contributed by atoms with van der Waals surface area (Å²) in [6.45, 7) is 2.98. The van der Waals surface area contributed by atoms with E-state index in [-0.39, 0.29) is 0 Å². The van der Waals surface area contributed by atoms with Crippen molar-refractivity contribution in [3.63, 3.8) is 0 Å². The predicted molar refractivity (Wildman–Crippen MR) is 71.8 cm³/mol. The lowest BCUT2D eigenvalue weighted by Crippen LogP contribution is -2.31. The molecular formula is C11H18N4S. The van der Waals surface area contributed by atoms with Crippen LogP contribution < -0.4 is 11.1 Å². The molecule has 5 heteroatoms. The number of hydrogen-bond acceptors (Lipinski definition) is 4. The van der Waals surface area contributed by atoms with E-state index < -0.39 is 0 Å². The highest BCUT2D eigenvalue weighted by Gasteiger charge is 2.05. The summed E-state index contributed by atoms with van der Waals surface area (Å²) in [7, 11) is 4.09. The molecule has 3 N–H and O–H groups in total. The summed E-state index contributed by atoms with van der Waals surface area (Å²) in [6, 6.07) is 6.05. The van der Waals surface area contributed by atoms with Gasteiger partial charge in [-0.3, -0.25) is 0 Å². The highest BCUT2D eigenvalue weighted by Crippen LogP contribution is 2.05. The lowest BCUT2D eigenvalue weighted by Gasteiger charge is -2.20. The first kappa shape index (κ1) is 12.9. The third-order valence-corrected chi connectivity index (χ3v) is 2.67. The number of hydrogen-bond donors (Lipinski definition) is 2. The summed E-state index contributed by atoms with van der Waals surface area (Å²) < 4.78 is 0. The van der Waals surface area contributed by atoms with Crippen LogP contribution in [-0.4, -0.2) is 41.6 Å². The summed E-state index contributed by atoms with van der Waals surface area (Å²) in [5.41, 5.74) is 6.17. The minimum atomic E-state index is 0.323. The molecule has 1 unspecified atom stereocenters. The molecular weight excluding hydrogens is 220 g/mol. The number of likely N-dealkylation sites (N-methyl/N-ethyl adjacent to an activating group) is 1. The topological polar surface area (TPSA) is 54.2 Å². The zero-order valence-electron chi connectivity index (χ0n) is 9.90. The lowest BCUT2D eigenvalue weighted by molar-refractivity contribution is 0.326. The van der Waals surface area contributed by atoms with Gasteiger partial charge in [0.1, 0.15) is 10.8 Å². The molecule has 1 aromatic rings. The molecule has 0 aliphatic carbocycles. The van der Waals surface area contributed by atoms with Gasteiger partial charge in [0.25, 0.3) is 0 Å². The Morgan fingerprint density at radius 1 is 1.56 bits per heavy atom. The summed E-state index contributed by atoms with van der Waals surface area (Å²) >= 11 is 4.88. The van der Waals surface area contributed by atoms with E-state index in [1.165, 1.54) is 0 Å². The maximum atomic E-state index is 5.52. The van der Waals surface area contributed by atoms with Crippen LogP contribution in [0, 0.1) is 0 Å². The highest BCUT2D eigenvalue weighted by atomic mass is 32.1. The average Bonchev–Trinajstić information content (AvgIpc) is 2.26. The second-order valence-corrected chi connectivity index (χ2v) is 4.41. The van der Waals surface area contributed by atoms with E-state index in [0.29, 0.717) is 16.7 Å². The van der Waals surface area contributed by atoms with Crippen molar-refractivity contribution in [2.24, 2.45) is 5.73 Å². The molecule has 0 radical (unpaired) electrons. The molecule has 0 saturated heterocycles. The van der Waals surface area contributed by atoms with Gasteiger partial charge in [-0.25, -0.2) is 4.98 Å². The van der Waals surface area contributed by atoms with Crippen molar-refractivity contribution in [2.45, 2.75) is 13.0 Å². The Labute approximate surface area is 102 Å². The SMILES string of the molecule is CC(CNc1cccc(C(N)=S)n1)N(C)C. The van der Waals surface area contributed by atoms with Gasteiger partial charge in [0.05, 0.1) is 5.69 Å². The molecule has 4 nitrogen and oxygen atoms in total. The molecule has 0 spiro atoms. The first-order chi connectivity index (χ1) is 7.50. The Bertz CT molecular complexity index is 365. The van der Waals surface area contributed by atoms with Crippen molar-refractivity contribution in [1.82, 2.24) is 9.88 Å². The number of anilines is 1. The van der Waals surface area contributed by atoms with Gasteiger partial charge in [-0.15, -0.1) is 0 Å². The molecule has 0 aromatic carbocycles. The number of rotatable bonds is 5. The Morgan fingerprint density at radius 2 is 2.25 bits per heavy atom. The normalized spacial score (nSPS) is 12.5. The third-order valence-electron chi connectivity index (χ3n) is 2.46. The lowest BCUT2D eigenvalue weighted by atomic mass is 10.3. The molecule has 0 fully saturated rings. The number of pyridine rings is 1. The summed E-state index contributed by atoms with van der Waals surface area (Å²) in [6.07, 6.45) is 0. The van der Waals surface area contributed by atoms with Crippen LogP contribution in [0.4, 0.5) is 5.82 Å². The Balaban J connectivity index is 2.61. The number of nitrogens with one attached hydrogen (secondary N) is 1. The fraction of sp³-hybridized carbons (Fsp3) is 0.455. The minimum absolute atomic E-state index is 0.323. The predicted octanol–water partition coefficient (Wildman–Crippen LogP) is 1.08. The number of aromatic nitrogens is 1. The second-order valence-electron chi connectivity index (χ2n) is 3.97. The second kappa shape index (κ2) is 5.77. The Morgan fingerprint density at radius 3 is 2.81 bits per heavy atom. The fourth-order valence-electron chi connectivity index (χ4n) is 1.11. The van der Waals surface area contributed by atoms with Gasteiger partial charge in [0.15, 0.2) is 0 Å². The van der Waals surface area contributed by atoms with Crippen LogP contribution in [0.15, 0.2) is 18.2 Å². The molecule has 1 rings (SSSR count). The van der Waals surface area contributed by atoms with E-state index in [1.807, 2.05) is 32.3 Å². The molecule has 0 saturated carbocycles. The highest BCUT2D eigenvalue weighted by molar-refractivity contribution is 7.80. The van der Waals surface area contributed by atoms with Crippen LogP contribution in [0.25, 0.3) is 0 Å². The largest absolute Gasteiger partial charge is 0.388 e. The molecule has 0 amide bonds. The molecule has 1 atom stereocenters. The summed E-state index contributed by atoms with van der Waals surface area (Å²) in [5, 5.41) is 3.25. The quantitative estimate of drug-likeness (QED) is 0.752. The maximum absolute atomic E-state index is 5.52. The van der Waals surface area contributed by atoms with E-state index >= 15 is 0 Å². The summed E-state index contributed by atoms with van der Waals surface area (Å²) in [4.78, 5) is 6.77. The number of nitrogens with two attached hydrogens (primary N) is 1. The molecule has 88 valence electrons. The van der Waals surface area contributed by atoms with E-state index in [0.717, 1.165) is 12.4 Å². The third kappa shape index (κ3) is 3.75. The average molecular weight is 238 g/mol. The van der Waals surface area contributed by atoms with Gasteiger partial charge in [-0.1, -0.05) is 18.3 Å². The van der Waals surface area contributed by atoms with Crippen LogP contribution in [0.3, 0.4) is 0 Å². The van der Waals surface area contributed by atoms with Crippen LogP contribution in [-0.2, 0) is 0 Å². The van der Waals surface area contributed by atoms with Crippen molar-refractivity contribution in [1.29, 1.82) is 0 Å². The van der Waals surface area contributed by atoms with Gasteiger partial charge in [0, 0.05) is 12.6 Å². The standard InChI is InChI=1S/C11H18N4S/c1-8(15(2)3)7-13-10-6-4-5-9(14-10)11(12)16/h4-6,8H,7H2,1-3H3,(H2,12,16)(H,13,14). The molecule has 0 bridgehead atoms. The van der Waals surface area contributed by atoms with E-state index in [2.05, 4.69) is 22.1 Å². The van der Waals surface area contributed by atoms with Gasteiger partial charge < -0.3 is 16.0 Å². The molecule has 16 heavy (non-hydrogen) atoms. The smallest absolute Gasteiger partial charge is 0.126 e. The fourth-order valence-corrected chi connectivity index (χ4v) is 1.22. The molecule has 1 aromatic heterocycles. The van der Waals surface area contributed by atoms with Crippen molar-refractivity contribution in [3.05, 3.63) is 23.9 Å². The zero-order chi connectivity index (χ0) is 12.1. The van der Waals surface area contributed by atoms with Gasteiger partial charge in [-0.05, 0) is 33.2 Å². The van der Waals surface area contributed by atoms with Gasteiger partial charge >= 0.3 is 0 Å². The first-order valence-electron chi connectivity index (χ1n) is 5.18. The Hall–Kier alpha value is -1.20. The monoisotopic (exact) mass is 238 g/mol. The van der Waals surface area contributed by atoms with Crippen molar-refractivity contribution in [2.75, 3.05) is 26.0 Å². The van der Waals surface area contributed by atoms with E-state index in [1.54, 1.807) is 0 Å². The number of nitrogens with zero attached hydrogens (tertiary/aromatic N) is 2. The summed E-state index contributed by atoms with van der Waals surface area (Å²) in [5.74, 6) is 0.805. The van der Waals surface area contributed by atoms with Gasteiger partial charge in [-0.2, -0.15) is 0 Å². The van der Waals surface area contributed by atoms with E-state index in [4.69, 9.17) is 18.0 Å². The van der Waals surface area contributed by atoms with Crippen LogP contribution in [0.2, 0.25) is 0 Å².